The van der Waals surface area contributed by atoms with E-state index in [1.807, 2.05) is 0 Å². The van der Waals surface area contributed by atoms with Crippen LogP contribution >= 0.6 is 11.6 Å². The number of hydrogen-bond donors (Lipinski definition) is 0. The summed E-state index contributed by atoms with van der Waals surface area (Å²) >= 11 is 3.77. The molecule has 0 saturated heterocycles. The van der Waals surface area contributed by atoms with Gasteiger partial charge in [0.05, 0.1) is 0 Å². The average Bonchev–Trinajstić information content (AvgIpc) is 1.81. The standard InChI is InChI=1S/C4HClF6O/c5-3(7,8)2(6,1-12)4(9,10)11/h1H. The minimum Gasteiger partial charge on any atom is -0.299 e. The highest BCUT2D eigenvalue weighted by atomic mass is 35.5. The third-order valence-electron chi connectivity index (χ3n) is 0.987. The Labute approximate surface area is 67.3 Å². The maximum absolute atomic E-state index is 12.2. The van der Waals surface area contributed by atoms with Crippen molar-refractivity contribution in [2.24, 2.45) is 0 Å². The highest BCUT2D eigenvalue weighted by molar-refractivity contribution is 6.23. The molecule has 0 bridgehead atoms. The highest BCUT2D eigenvalue weighted by Crippen LogP contribution is 2.45. The van der Waals surface area contributed by atoms with Crippen molar-refractivity contribution in [3.8, 4) is 0 Å². The molecule has 8 heteroatoms. The molecular formula is C4HClF6O. The van der Waals surface area contributed by atoms with E-state index >= 15 is 0 Å². The van der Waals surface area contributed by atoms with Crippen LogP contribution < -0.4 is 0 Å². The van der Waals surface area contributed by atoms with Gasteiger partial charge in [-0.15, -0.1) is 0 Å². The Morgan fingerprint density at radius 1 is 1.00 bits per heavy atom. The number of aldehydes is 1. The van der Waals surface area contributed by atoms with Gasteiger partial charge in [0.15, 0.2) is 6.29 Å². The first-order valence-electron chi connectivity index (χ1n) is 2.35. The summed E-state index contributed by atoms with van der Waals surface area (Å²) in [5, 5.41) is -5.30. The topological polar surface area (TPSA) is 17.1 Å². The fraction of sp³-hybridized carbons (Fsp3) is 0.750. The molecule has 0 saturated carbocycles. The van der Waals surface area contributed by atoms with Crippen LogP contribution in [-0.2, 0) is 4.79 Å². The third kappa shape index (κ3) is 1.65. The first kappa shape index (κ1) is 11.5. The molecule has 0 aromatic rings. The zero-order valence-corrected chi connectivity index (χ0v) is 5.89. The highest BCUT2D eigenvalue weighted by Gasteiger charge is 2.71. The minimum atomic E-state index is -6.03. The van der Waals surface area contributed by atoms with Crippen LogP contribution in [0.1, 0.15) is 0 Å². The second-order valence-electron chi connectivity index (χ2n) is 1.83. The molecule has 0 aliphatic heterocycles. The van der Waals surface area contributed by atoms with Crippen LogP contribution in [0.4, 0.5) is 26.3 Å². The molecule has 0 heterocycles. The first-order chi connectivity index (χ1) is 5.06. The summed E-state index contributed by atoms with van der Waals surface area (Å²) in [5.74, 6) is 0. The molecule has 0 aromatic carbocycles. The Hall–Kier alpha value is -0.460. The Balaban J connectivity index is 5.09. The van der Waals surface area contributed by atoms with E-state index in [0.29, 0.717) is 0 Å². The summed E-state index contributed by atoms with van der Waals surface area (Å²) < 4.78 is 69.9. The molecule has 0 aromatic heterocycles. The Morgan fingerprint density at radius 2 is 1.33 bits per heavy atom. The smallest absolute Gasteiger partial charge is 0.299 e. The van der Waals surface area contributed by atoms with Gasteiger partial charge >= 0.3 is 17.2 Å². The molecule has 0 amide bonds. The number of alkyl halides is 7. The first-order valence-corrected chi connectivity index (χ1v) is 2.73. The van der Waals surface area contributed by atoms with E-state index in [1.54, 1.807) is 0 Å². The van der Waals surface area contributed by atoms with Crippen molar-refractivity contribution in [1.82, 2.24) is 0 Å². The predicted molar refractivity (Wildman–Crippen MR) is 26.8 cm³/mol. The van der Waals surface area contributed by atoms with Gasteiger partial charge in [0, 0.05) is 0 Å². The van der Waals surface area contributed by atoms with Crippen LogP contribution in [0.2, 0.25) is 0 Å². The van der Waals surface area contributed by atoms with Gasteiger partial charge in [-0.2, -0.15) is 22.0 Å². The molecule has 0 rings (SSSR count). The van der Waals surface area contributed by atoms with Gasteiger partial charge in [-0.3, -0.25) is 4.79 Å². The maximum atomic E-state index is 12.2. The van der Waals surface area contributed by atoms with Crippen LogP contribution in [-0.4, -0.2) is 23.5 Å². The lowest BCUT2D eigenvalue weighted by atomic mass is 10.1. The summed E-state index contributed by atoms with van der Waals surface area (Å²) in [6.45, 7) is 0. The van der Waals surface area contributed by atoms with E-state index in [-0.39, 0.29) is 0 Å². The Morgan fingerprint density at radius 3 is 1.33 bits per heavy atom. The van der Waals surface area contributed by atoms with Gasteiger partial charge in [0.25, 0.3) is 0 Å². The van der Waals surface area contributed by atoms with Crippen molar-refractivity contribution in [3.63, 3.8) is 0 Å². The molecule has 0 N–H and O–H groups in total. The number of halogens is 7. The zero-order valence-electron chi connectivity index (χ0n) is 5.13. The fourth-order valence-corrected chi connectivity index (χ4v) is 0.446. The van der Waals surface area contributed by atoms with Crippen molar-refractivity contribution in [2.45, 2.75) is 17.2 Å². The van der Waals surface area contributed by atoms with E-state index in [2.05, 4.69) is 11.6 Å². The lowest BCUT2D eigenvalue weighted by Gasteiger charge is -2.25. The summed E-state index contributed by atoms with van der Waals surface area (Å²) in [6, 6.07) is 0. The van der Waals surface area contributed by atoms with Gasteiger partial charge in [-0.1, -0.05) is 0 Å². The monoisotopic (exact) mass is 214 g/mol. The molecule has 1 atom stereocenters. The van der Waals surface area contributed by atoms with Gasteiger partial charge in [0.2, 0.25) is 0 Å². The molecular weight excluding hydrogens is 213 g/mol. The molecule has 0 spiro atoms. The van der Waals surface area contributed by atoms with Gasteiger partial charge in [-0.05, 0) is 11.6 Å². The van der Waals surface area contributed by atoms with Crippen molar-refractivity contribution in [3.05, 3.63) is 0 Å². The Bertz CT molecular complexity index is 167. The summed E-state index contributed by atoms with van der Waals surface area (Å²) in [5.41, 5.74) is -5.33. The molecule has 0 aliphatic rings. The zero-order chi connectivity index (χ0) is 10.2. The third-order valence-corrected chi connectivity index (χ3v) is 1.26. The quantitative estimate of drug-likeness (QED) is 0.392. The van der Waals surface area contributed by atoms with Crippen LogP contribution in [0, 0.1) is 0 Å². The molecule has 72 valence electrons. The van der Waals surface area contributed by atoms with E-state index < -0.39 is 23.5 Å². The summed E-state index contributed by atoms with van der Waals surface area (Å²) in [7, 11) is 0. The number of rotatable bonds is 2. The lowest BCUT2D eigenvalue weighted by molar-refractivity contribution is -0.261. The van der Waals surface area contributed by atoms with Crippen LogP contribution in [0.5, 0.6) is 0 Å². The van der Waals surface area contributed by atoms with Crippen molar-refractivity contribution in [2.75, 3.05) is 0 Å². The molecule has 0 aliphatic carbocycles. The van der Waals surface area contributed by atoms with E-state index in [9.17, 15) is 31.1 Å². The second kappa shape index (κ2) is 2.79. The van der Waals surface area contributed by atoms with Crippen LogP contribution in [0.25, 0.3) is 0 Å². The SMILES string of the molecule is O=CC(F)(C(F)(F)F)C(F)(F)Cl. The summed E-state index contributed by atoms with van der Waals surface area (Å²) in [6.07, 6.45) is -7.60. The summed E-state index contributed by atoms with van der Waals surface area (Å²) in [4.78, 5) is 9.46. The van der Waals surface area contributed by atoms with Crippen molar-refractivity contribution in [1.29, 1.82) is 0 Å². The fourth-order valence-electron chi connectivity index (χ4n) is 0.294. The van der Waals surface area contributed by atoms with Crippen LogP contribution in [0.15, 0.2) is 0 Å². The minimum absolute atomic E-state index is 1.57. The van der Waals surface area contributed by atoms with E-state index in [0.717, 1.165) is 0 Å². The van der Waals surface area contributed by atoms with Gasteiger partial charge in [-0.25, -0.2) is 4.39 Å². The number of hydrogen-bond acceptors (Lipinski definition) is 1. The van der Waals surface area contributed by atoms with E-state index in [1.165, 1.54) is 0 Å². The molecule has 0 fully saturated rings. The molecule has 12 heavy (non-hydrogen) atoms. The van der Waals surface area contributed by atoms with E-state index in [4.69, 9.17) is 0 Å². The Kier molecular flexibility index (Phi) is 2.68. The van der Waals surface area contributed by atoms with Gasteiger partial charge < -0.3 is 0 Å². The van der Waals surface area contributed by atoms with Gasteiger partial charge in [0.1, 0.15) is 0 Å². The number of carbonyl (C=O) groups excluding carboxylic acids is 1. The van der Waals surface area contributed by atoms with Crippen molar-refractivity contribution >= 4 is 17.9 Å². The lowest BCUT2D eigenvalue weighted by Crippen LogP contribution is -2.53. The molecule has 1 unspecified atom stereocenters. The predicted octanol–water partition coefficient (Wildman–Crippen LogP) is 2.29. The largest absolute Gasteiger partial charge is 0.436 e. The average molecular weight is 214 g/mol. The van der Waals surface area contributed by atoms with Crippen molar-refractivity contribution < 1.29 is 31.1 Å². The number of carbonyl (C=O) groups is 1. The second-order valence-corrected chi connectivity index (χ2v) is 2.30. The van der Waals surface area contributed by atoms with Crippen LogP contribution in [0.3, 0.4) is 0 Å². The maximum Gasteiger partial charge on any atom is 0.436 e. The molecule has 0 radical (unpaired) electrons. The molecule has 1 nitrogen and oxygen atoms in total. The normalized spacial score (nSPS) is 18.6.